The van der Waals surface area contributed by atoms with Gasteiger partial charge >= 0.3 is 11.9 Å². The molecule has 338 valence electrons. The van der Waals surface area contributed by atoms with Gasteiger partial charge < -0.3 is 28.7 Å². The van der Waals surface area contributed by atoms with Crippen LogP contribution in [0.1, 0.15) is 107 Å². The van der Waals surface area contributed by atoms with E-state index < -0.39 is 50.5 Å². The lowest BCUT2D eigenvalue weighted by Gasteiger charge is -2.36. The Kier molecular flexibility index (Phi) is 16.4. The minimum absolute atomic E-state index is 0.00155. The van der Waals surface area contributed by atoms with E-state index in [1.807, 2.05) is 60.6 Å². The molecule has 1 saturated heterocycles. The highest BCUT2D eigenvalue weighted by atomic mass is 28.3. The molecular formula is C49H63N3O10Si. The van der Waals surface area contributed by atoms with Crippen molar-refractivity contribution in [1.82, 2.24) is 15.2 Å². The first kappa shape index (κ1) is 48.6. The van der Waals surface area contributed by atoms with Crippen LogP contribution < -0.4 is 5.32 Å². The third-order valence-electron chi connectivity index (χ3n) is 11.0. The monoisotopic (exact) mass is 881 g/mol. The van der Waals surface area contributed by atoms with E-state index in [0.29, 0.717) is 24.2 Å². The standard InChI is InChI=1S/C49H63N3O10Si/c1-29(2)44(32(5)18-19-42(53)58-21-22-63(9,10)11)62-48(57)35(8)50-45(54)40-28-59-41(51-40)27-37-26-36(60-49(61-37)43-33(6)23-31(4)24-34(43)7)25-30(3)15-14-20-52-46(55)38-16-12-13-17-39(38)47(52)56/h12-19,23-25,28-29,32,35-37,44,49H,20-22,26-27H2,1-11H3,(H,50,54)/b15-14+,19-18+,30-25+/t32-,35-,36-,37-,44-,49?/m1/s1. The summed E-state index contributed by atoms with van der Waals surface area (Å²) in [6, 6.07) is 10.9. The molecule has 0 saturated carbocycles. The summed E-state index contributed by atoms with van der Waals surface area (Å²) in [5, 5.41) is 2.67. The quantitative estimate of drug-likeness (QED) is 0.0428. The summed E-state index contributed by atoms with van der Waals surface area (Å²) in [6.45, 7) is 22.4. The van der Waals surface area contributed by atoms with Gasteiger partial charge in [-0.05, 0) is 69.8 Å². The van der Waals surface area contributed by atoms with Gasteiger partial charge in [0.15, 0.2) is 17.9 Å². The van der Waals surface area contributed by atoms with Gasteiger partial charge in [-0.3, -0.25) is 19.3 Å². The number of esters is 2. The van der Waals surface area contributed by atoms with Gasteiger partial charge in [-0.1, -0.05) is 100 Å². The van der Waals surface area contributed by atoms with Crippen LogP contribution in [0.2, 0.25) is 25.7 Å². The van der Waals surface area contributed by atoms with Gasteiger partial charge in [-0.25, -0.2) is 14.6 Å². The molecule has 5 rings (SSSR count). The third kappa shape index (κ3) is 13.3. The second-order valence-electron chi connectivity index (χ2n) is 18.3. The molecule has 6 atom stereocenters. The Labute approximate surface area is 372 Å². The van der Waals surface area contributed by atoms with Crippen LogP contribution in [0.3, 0.4) is 0 Å². The number of imide groups is 1. The Morgan fingerprint density at radius 3 is 2.24 bits per heavy atom. The second-order valence-corrected chi connectivity index (χ2v) is 23.9. The molecule has 0 radical (unpaired) electrons. The summed E-state index contributed by atoms with van der Waals surface area (Å²) in [7, 11) is -1.34. The molecule has 63 heavy (non-hydrogen) atoms. The zero-order valence-electron chi connectivity index (χ0n) is 38.5. The van der Waals surface area contributed by atoms with Crippen molar-refractivity contribution < 1.29 is 47.3 Å². The van der Waals surface area contributed by atoms with Gasteiger partial charge in [-0.2, -0.15) is 0 Å². The van der Waals surface area contributed by atoms with Gasteiger partial charge in [0.1, 0.15) is 18.4 Å². The molecule has 3 amide bonds. The number of carbonyl (C=O) groups is 5. The maximum Gasteiger partial charge on any atom is 0.330 e. The van der Waals surface area contributed by atoms with Gasteiger partial charge in [0, 0.05) is 38.6 Å². The maximum absolute atomic E-state index is 13.3. The van der Waals surface area contributed by atoms with Crippen molar-refractivity contribution in [2.45, 2.75) is 125 Å². The van der Waals surface area contributed by atoms with Crippen molar-refractivity contribution in [3.8, 4) is 0 Å². The molecule has 1 N–H and O–H groups in total. The molecule has 13 nitrogen and oxygen atoms in total. The topological polar surface area (TPSA) is 164 Å². The molecule has 1 unspecified atom stereocenters. The van der Waals surface area contributed by atoms with E-state index in [2.05, 4.69) is 42.1 Å². The molecule has 1 fully saturated rings. The Morgan fingerprint density at radius 2 is 1.62 bits per heavy atom. The number of ether oxygens (including phenoxy) is 4. The van der Waals surface area contributed by atoms with E-state index in [0.717, 1.165) is 33.9 Å². The zero-order valence-corrected chi connectivity index (χ0v) is 39.5. The minimum Gasteiger partial charge on any atom is -0.463 e. The third-order valence-corrected chi connectivity index (χ3v) is 12.7. The van der Waals surface area contributed by atoms with Crippen LogP contribution >= 0.6 is 0 Å². The van der Waals surface area contributed by atoms with Crippen molar-refractivity contribution in [2.24, 2.45) is 11.8 Å². The summed E-state index contributed by atoms with van der Waals surface area (Å²) in [5.41, 5.74) is 5.79. The van der Waals surface area contributed by atoms with E-state index in [-0.39, 0.29) is 54.3 Å². The van der Waals surface area contributed by atoms with Crippen molar-refractivity contribution in [2.75, 3.05) is 13.2 Å². The lowest BCUT2D eigenvalue weighted by Crippen LogP contribution is -2.42. The van der Waals surface area contributed by atoms with Gasteiger partial charge in [-0.15, -0.1) is 0 Å². The summed E-state index contributed by atoms with van der Waals surface area (Å²) in [4.78, 5) is 70.2. The smallest absolute Gasteiger partial charge is 0.330 e. The van der Waals surface area contributed by atoms with Crippen LogP contribution in [0.15, 0.2) is 83.0 Å². The van der Waals surface area contributed by atoms with Crippen molar-refractivity contribution in [3.05, 3.63) is 124 Å². The first-order valence-corrected chi connectivity index (χ1v) is 25.4. The highest BCUT2D eigenvalue weighted by Crippen LogP contribution is 2.36. The Bertz CT molecular complexity index is 2190. The van der Waals surface area contributed by atoms with E-state index in [4.69, 9.17) is 23.4 Å². The molecule has 3 aromatic rings. The molecular weight excluding hydrogens is 819 g/mol. The Balaban J connectivity index is 1.21. The number of aromatic nitrogens is 1. The van der Waals surface area contributed by atoms with Crippen LogP contribution in [-0.2, 0) is 35.0 Å². The number of rotatable bonds is 18. The van der Waals surface area contributed by atoms with Crippen molar-refractivity contribution in [1.29, 1.82) is 0 Å². The fourth-order valence-electron chi connectivity index (χ4n) is 7.74. The SMILES string of the molecule is CC(/C=C/CN1C(=O)c2ccccc2C1=O)=C\[C@@H]1C[C@H](Cc2nc(C(=O)N[C@H](C)C(=O)O[C@H](C(C)C)[C@H](C)/C=C/C(=O)OCC[Si](C)(C)C)co2)OC(c2c(C)cc(C)cc2C)O1. The maximum atomic E-state index is 13.3. The number of fused-ring (bicyclic) bond motifs is 1. The number of aryl methyl sites for hydroxylation is 3. The summed E-state index contributed by atoms with van der Waals surface area (Å²) >= 11 is 0. The number of hydrogen-bond acceptors (Lipinski definition) is 11. The number of allylic oxidation sites excluding steroid dienone is 2. The summed E-state index contributed by atoms with van der Waals surface area (Å²) in [5.74, 6) is -2.38. The Morgan fingerprint density at radius 1 is 0.968 bits per heavy atom. The number of carbonyl (C=O) groups excluding carboxylic acids is 5. The van der Waals surface area contributed by atoms with Crippen LogP contribution in [0.4, 0.5) is 0 Å². The van der Waals surface area contributed by atoms with Gasteiger partial charge in [0.25, 0.3) is 17.7 Å². The first-order chi connectivity index (χ1) is 29.7. The molecule has 0 aliphatic carbocycles. The number of hydrogen-bond donors (Lipinski definition) is 1. The minimum atomic E-state index is -1.34. The number of nitrogens with zero attached hydrogens (tertiary/aromatic N) is 2. The fourth-order valence-corrected chi connectivity index (χ4v) is 8.45. The number of amides is 3. The van der Waals surface area contributed by atoms with Crippen molar-refractivity contribution in [3.63, 3.8) is 0 Å². The highest BCUT2D eigenvalue weighted by molar-refractivity contribution is 6.76. The highest BCUT2D eigenvalue weighted by Gasteiger charge is 2.35. The molecule has 1 aromatic heterocycles. The number of nitrogens with one attached hydrogen (secondary N) is 1. The lowest BCUT2D eigenvalue weighted by atomic mass is 9.94. The van der Waals surface area contributed by atoms with Crippen LogP contribution in [0, 0.1) is 32.6 Å². The molecule has 0 spiro atoms. The zero-order chi connectivity index (χ0) is 46.2. The average molecular weight is 882 g/mol. The first-order valence-electron chi connectivity index (χ1n) is 21.7. The average Bonchev–Trinajstić information content (AvgIpc) is 3.76. The van der Waals surface area contributed by atoms with Gasteiger partial charge in [0.2, 0.25) is 0 Å². The van der Waals surface area contributed by atoms with Crippen LogP contribution in [0.25, 0.3) is 0 Å². The normalized spacial score (nSPS) is 19.7. The number of benzene rings is 2. The fraction of sp³-hybridized carbons (Fsp3) is 0.469. The van der Waals surface area contributed by atoms with Crippen LogP contribution in [-0.4, -0.2) is 85.1 Å². The van der Waals surface area contributed by atoms with E-state index in [9.17, 15) is 24.0 Å². The largest absolute Gasteiger partial charge is 0.463 e. The summed E-state index contributed by atoms with van der Waals surface area (Å²) < 4.78 is 30.1. The lowest BCUT2D eigenvalue weighted by molar-refractivity contribution is -0.237. The number of oxazole rings is 1. The predicted molar refractivity (Wildman–Crippen MR) is 242 cm³/mol. The molecule has 14 heteroatoms. The predicted octanol–water partition coefficient (Wildman–Crippen LogP) is 8.57. The van der Waals surface area contributed by atoms with E-state index >= 15 is 0 Å². The van der Waals surface area contributed by atoms with E-state index in [1.165, 1.54) is 24.2 Å². The Hall–Kier alpha value is -5.44. The van der Waals surface area contributed by atoms with Crippen LogP contribution in [0.5, 0.6) is 0 Å². The molecule has 2 aromatic carbocycles. The summed E-state index contributed by atoms with van der Waals surface area (Å²) in [6.07, 6.45) is 8.57. The van der Waals surface area contributed by atoms with Gasteiger partial charge in [0.05, 0.1) is 36.4 Å². The molecule has 3 heterocycles. The molecule has 2 aliphatic rings. The molecule has 2 aliphatic heterocycles. The van der Waals surface area contributed by atoms with Crippen molar-refractivity contribution >= 4 is 37.7 Å². The molecule has 0 bridgehead atoms. The van der Waals surface area contributed by atoms with E-state index in [1.54, 1.807) is 36.4 Å². The second kappa shape index (κ2) is 21.3.